The molecule has 0 saturated carbocycles. The number of amides is 1. The Morgan fingerprint density at radius 2 is 1.62 bits per heavy atom. The highest BCUT2D eigenvalue weighted by Gasteiger charge is 2.28. The molecular weight excluding hydrogens is 382 g/mol. The fraction of sp³-hybridized carbons (Fsp3) is 0.304. The molecule has 0 aromatic heterocycles. The lowest BCUT2D eigenvalue weighted by Gasteiger charge is -2.36. The minimum atomic E-state index is -0.171. The number of benzene rings is 2. The summed E-state index contributed by atoms with van der Waals surface area (Å²) in [6.45, 7) is 7.54. The minimum Gasteiger partial charge on any atom is -0.490 e. The van der Waals surface area contributed by atoms with Crippen LogP contribution in [0, 0.1) is 0 Å². The van der Waals surface area contributed by atoms with Gasteiger partial charge in [0.1, 0.15) is 5.75 Å². The van der Waals surface area contributed by atoms with Gasteiger partial charge < -0.3 is 14.5 Å². The van der Waals surface area contributed by atoms with Gasteiger partial charge >= 0.3 is 0 Å². The second-order valence-electron chi connectivity index (χ2n) is 7.32. The lowest BCUT2D eigenvalue weighted by Crippen LogP contribution is -2.47. The number of hydrogen-bond acceptors (Lipinski definition) is 5. The van der Waals surface area contributed by atoms with E-state index in [1.165, 1.54) is 17.4 Å². The number of rotatable bonds is 4. The number of amidine groups is 1. The van der Waals surface area contributed by atoms with Crippen LogP contribution in [0.15, 0.2) is 64.5 Å². The number of aliphatic imine (C=N–C) groups is 1. The number of carbonyl (C=O) groups is 1. The summed E-state index contributed by atoms with van der Waals surface area (Å²) >= 11 is 1.46. The number of para-hydroxylation sites is 2. The Kier molecular flexibility index (Phi) is 5.90. The average molecular weight is 408 g/mol. The highest BCUT2D eigenvalue weighted by molar-refractivity contribution is 8.18. The minimum absolute atomic E-state index is 0.0780. The van der Waals surface area contributed by atoms with Gasteiger partial charge in [-0.25, -0.2) is 0 Å². The van der Waals surface area contributed by atoms with Crippen LogP contribution in [-0.4, -0.2) is 48.3 Å². The van der Waals surface area contributed by atoms with E-state index in [4.69, 9.17) is 4.74 Å². The quantitative estimate of drug-likeness (QED) is 0.709. The lowest BCUT2D eigenvalue weighted by molar-refractivity contribution is -0.113. The van der Waals surface area contributed by atoms with Gasteiger partial charge in [-0.2, -0.15) is 4.99 Å². The van der Waals surface area contributed by atoms with Crippen LogP contribution in [0.3, 0.4) is 0 Å². The SMILES string of the molecule is CC(C)Oc1ccccc1C=C1SC(N2CCN(c3ccccc3)CC2)=NC1=O. The van der Waals surface area contributed by atoms with Crippen LogP contribution in [0.5, 0.6) is 5.75 Å². The molecule has 5 nitrogen and oxygen atoms in total. The molecule has 1 saturated heterocycles. The van der Waals surface area contributed by atoms with Gasteiger partial charge in [-0.15, -0.1) is 0 Å². The first-order chi connectivity index (χ1) is 14.1. The molecule has 4 rings (SSSR count). The van der Waals surface area contributed by atoms with Crippen LogP contribution < -0.4 is 9.64 Å². The van der Waals surface area contributed by atoms with Gasteiger partial charge in [-0.1, -0.05) is 36.4 Å². The Balaban J connectivity index is 1.42. The molecule has 29 heavy (non-hydrogen) atoms. The molecule has 1 fully saturated rings. The van der Waals surface area contributed by atoms with E-state index in [2.05, 4.69) is 39.1 Å². The number of piperazine rings is 1. The first-order valence-corrected chi connectivity index (χ1v) is 10.7. The van der Waals surface area contributed by atoms with Gasteiger partial charge in [0.15, 0.2) is 5.17 Å². The summed E-state index contributed by atoms with van der Waals surface area (Å²) < 4.78 is 5.87. The summed E-state index contributed by atoms with van der Waals surface area (Å²) in [5.41, 5.74) is 2.15. The van der Waals surface area contributed by atoms with Gasteiger partial charge in [-0.3, -0.25) is 4.79 Å². The van der Waals surface area contributed by atoms with Gasteiger partial charge in [0, 0.05) is 37.4 Å². The molecule has 0 aliphatic carbocycles. The number of thioether (sulfide) groups is 1. The summed E-state index contributed by atoms with van der Waals surface area (Å²) in [5.74, 6) is 0.614. The number of hydrogen-bond donors (Lipinski definition) is 0. The molecule has 150 valence electrons. The van der Waals surface area contributed by atoms with Crippen molar-refractivity contribution in [2.45, 2.75) is 20.0 Å². The Bertz CT molecular complexity index is 932. The maximum absolute atomic E-state index is 12.5. The molecule has 1 amide bonds. The number of ether oxygens (including phenoxy) is 1. The van der Waals surface area contributed by atoms with E-state index >= 15 is 0 Å². The molecule has 0 spiro atoms. The Morgan fingerprint density at radius 3 is 2.34 bits per heavy atom. The van der Waals surface area contributed by atoms with E-state index in [0.717, 1.165) is 42.7 Å². The van der Waals surface area contributed by atoms with Crippen molar-refractivity contribution < 1.29 is 9.53 Å². The molecule has 2 aliphatic heterocycles. The Labute approximate surface area is 176 Å². The van der Waals surface area contributed by atoms with Crippen molar-refractivity contribution in [2.24, 2.45) is 4.99 Å². The maximum Gasteiger partial charge on any atom is 0.286 e. The van der Waals surface area contributed by atoms with Crippen molar-refractivity contribution in [1.82, 2.24) is 4.90 Å². The molecule has 2 aromatic carbocycles. The summed E-state index contributed by atoms with van der Waals surface area (Å²) in [6.07, 6.45) is 1.97. The fourth-order valence-electron chi connectivity index (χ4n) is 3.43. The standard InChI is InChI=1S/C23H25N3O2S/c1-17(2)28-20-11-7-6-8-18(20)16-21-22(27)24-23(29-21)26-14-12-25(13-15-26)19-9-4-3-5-10-19/h3-11,16-17H,12-15H2,1-2H3. The van der Waals surface area contributed by atoms with Crippen LogP contribution in [-0.2, 0) is 4.79 Å². The monoisotopic (exact) mass is 407 g/mol. The summed E-state index contributed by atoms with van der Waals surface area (Å²) in [4.78, 5) is 22.0. The van der Waals surface area contributed by atoms with E-state index in [9.17, 15) is 4.79 Å². The summed E-state index contributed by atoms with van der Waals surface area (Å²) in [6, 6.07) is 18.2. The zero-order valence-corrected chi connectivity index (χ0v) is 17.6. The van der Waals surface area contributed by atoms with Crippen molar-refractivity contribution in [3.8, 4) is 5.75 Å². The molecular formula is C23H25N3O2S. The van der Waals surface area contributed by atoms with E-state index in [-0.39, 0.29) is 12.0 Å². The molecule has 0 atom stereocenters. The largest absolute Gasteiger partial charge is 0.490 e. The van der Waals surface area contributed by atoms with Crippen molar-refractivity contribution in [1.29, 1.82) is 0 Å². The van der Waals surface area contributed by atoms with Crippen LogP contribution in [0.25, 0.3) is 6.08 Å². The average Bonchev–Trinajstić information content (AvgIpc) is 3.10. The molecule has 6 heteroatoms. The normalized spacial score (nSPS) is 18.5. The third kappa shape index (κ3) is 4.65. The third-order valence-electron chi connectivity index (χ3n) is 4.85. The zero-order chi connectivity index (χ0) is 20.2. The van der Waals surface area contributed by atoms with Gasteiger partial charge in [0.25, 0.3) is 5.91 Å². The second kappa shape index (κ2) is 8.74. The maximum atomic E-state index is 12.5. The first kappa shape index (κ1) is 19.6. The zero-order valence-electron chi connectivity index (χ0n) is 16.7. The molecule has 2 aliphatic rings. The molecule has 0 bridgehead atoms. The topological polar surface area (TPSA) is 45.1 Å². The van der Waals surface area contributed by atoms with Crippen LogP contribution in [0.2, 0.25) is 0 Å². The number of carbonyl (C=O) groups excluding carboxylic acids is 1. The van der Waals surface area contributed by atoms with E-state index < -0.39 is 0 Å². The number of nitrogens with zero attached hydrogens (tertiary/aromatic N) is 3. The van der Waals surface area contributed by atoms with Crippen molar-refractivity contribution in [3.63, 3.8) is 0 Å². The van der Waals surface area contributed by atoms with Gasteiger partial charge in [-0.05, 0) is 49.9 Å². The van der Waals surface area contributed by atoms with Crippen molar-refractivity contribution in [3.05, 3.63) is 65.1 Å². The highest BCUT2D eigenvalue weighted by Crippen LogP contribution is 2.33. The van der Waals surface area contributed by atoms with Gasteiger partial charge in [0.05, 0.1) is 11.0 Å². The molecule has 2 aromatic rings. The molecule has 0 radical (unpaired) electrons. The molecule has 2 heterocycles. The predicted octanol–water partition coefficient (Wildman–Crippen LogP) is 4.27. The Hall–Kier alpha value is -2.73. The lowest BCUT2D eigenvalue weighted by atomic mass is 10.2. The first-order valence-electron chi connectivity index (χ1n) is 9.93. The Morgan fingerprint density at radius 1 is 0.966 bits per heavy atom. The molecule has 0 N–H and O–H groups in total. The van der Waals surface area contributed by atoms with Crippen molar-refractivity contribution >= 4 is 34.6 Å². The fourth-order valence-corrected chi connectivity index (χ4v) is 4.39. The van der Waals surface area contributed by atoms with Crippen LogP contribution in [0.1, 0.15) is 19.4 Å². The van der Waals surface area contributed by atoms with E-state index in [0.29, 0.717) is 4.91 Å². The summed E-state index contributed by atoms with van der Waals surface area (Å²) in [5, 5.41) is 0.802. The van der Waals surface area contributed by atoms with Crippen LogP contribution >= 0.6 is 11.8 Å². The summed E-state index contributed by atoms with van der Waals surface area (Å²) in [7, 11) is 0. The number of anilines is 1. The van der Waals surface area contributed by atoms with Gasteiger partial charge in [0.2, 0.25) is 0 Å². The van der Waals surface area contributed by atoms with Crippen LogP contribution in [0.4, 0.5) is 5.69 Å². The predicted molar refractivity (Wildman–Crippen MR) is 120 cm³/mol. The smallest absolute Gasteiger partial charge is 0.286 e. The van der Waals surface area contributed by atoms with Crippen molar-refractivity contribution in [2.75, 3.05) is 31.1 Å². The second-order valence-corrected chi connectivity index (χ2v) is 8.33. The van der Waals surface area contributed by atoms with E-state index in [1.807, 2.05) is 50.3 Å². The van der Waals surface area contributed by atoms with E-state index in [1.54, 1.807) is 0 Å². The molecule has 0 unspecified atom stereocenters. The highest BCUT2D eigenvalue weighted by atomic mass is 32.2. The third-order valence-corrected chi connectivity index (χ3v) is 5.89.